The second kappa shape index (κ2) is 3.43. The Kier molecular flexibility index (Phi) is 2.53. The third-order valence-electron chi connectivity index (χ3n) is 1.87. The van der Waals surface area contributed by atoms with E-state index in [0.29, 0.717) is 6.54 Å². The highest BCUT2D eigenvalue weighted by molar-refractivity contribution is 5.80. The van der Waals surface area contributed by atoms with Crippen molar-refractivity contribution in [3.63, 3.8) is 0 Å². The Morgan fingerprint density at radius 3 is 2.58 bits per heavy atom. The van der Waals surface area contributed by atoms with Gasteiger partial charge in [-0.2, -0.15) is 0 Å². The van der Waals surface area contributed by atoms with E-state index in [9.17, 15) is 4.79 Å². The van der Waals surface area contributed by atoms with Gasteiger partial charge in [-0.3, -0.25) is 4.90 Å². The van der Waals surface area contributed by atoms with Crippen LogP contribution in [0, 0.1) is 0 Å². The molecule has 3 nitrogen and oxygen atoms in total. The molecule has 0 radical (unpaired) electrons. The van der Waals surface area contributed by atoms with Gasteiger partial charge in [0.25, 0.3) is 0 Å². The predicted molar refractivity (Wildman–Crippen MR) is 48.4 cm³/mol. The number of urea groups is 1. The number of carbonyl (C=O) groups is 1. The lowest BCUT2D eigenvalue weighted by Crippen LogP contribution is -2.24. The molecule has 12 heavy (non-hydrogen) atoms. The van der Waals surface area contributed by atoms with Gasteiger partial charge in [0.05, 0.1) is 6.54 Å². The summed E-state index contributed by atoms with van der Waals surface area (Å²) < 4.78 is 0. The second-order valence-electron chi connectivity index (χ2n) is 2.77. The van der Waals surface area contributed by atoms with E-state index in [1.54, 1.807) is 23.0 Å². The number of amides is 2. The fourth-order valence-corrected chi connectivity index (χ4v) is 1.23. The fourth-order valence-electron chi connectivity index (χ4n) is 1.23. The van der Waals surface area contributed by atoms with Crippen molar-refractivity contribution in [2.75, 3.05) is 13.6 Å². The molecule has 0 spiro atoms. The zero-order chi connectivity index (χ0) is 9.14. The van der Waals surface area contributed by atoms with Gasteiger partial charge in [-0.15, -0.1) is 0 Å². The van der Waals surface area contributed by atoms with E-state index in [1.165, 1.54) is 0 Å². The van der Waals surface area contributed by atoms with E-state index in [1.807, 2.05) is 26.0 Å². The normalized spacial score (nSPS) is 21.9. The third-order valence-corrected chi connectivity index (χ3v) is 1.87. The van der Waals surface area contributed by atoms with Crippen molar-refractivity contribution in [3.8, 4) is 0 Å². The molecule has 0 aromatic carbocycles. The maximum atomic E-state index is 11.4. The smallest absolute Gasteiger partial charge is 0.321 e. The van der Waals surface area contributed by atoms with Crippen LogP contribution in [-0.4, -0.2) is 29.4 Å². The lowest BCUT2D eigenvalue weighted by Gasteiger charge is -2.10. The Labute approximate surface area is 73.0 Å². The zero-order valence-electron chi connectivity index (χ0n) is 7.74. The van der Waals surface area contributed by atoms with E-state index in [-0.39, 0.29) is 6.03 Å². The van der Waals surface area contributed by atoms with Crippen LogP contribution >= 0.6 is 0 Å². The van der Waals surface area contributed by atoms with E-state index < -0.39 is 0 Å². The molecule has 1 rings (SSSR count). The summed E-state index contributed by atoms with van der Waals surface area (Å²) in [6.45, 7) is 4.55. The minimum Gasteiger partial charge on any atom is -0.321 e. The summed E-state index contributed by atoms with van der Waals surface area (Å²) >= 11 is 0. The van der Waals surface area contributed by atoms with Gasteiger partial charge in [0.2, 0.25) is 0 Å². The van der Waals surface area contributed by atoms with Crippen molar-refractivity contribution in [1.29, 1.82) is 0 Å². The summed E-state index contributed by atoms with van der Waals surface area (Å²) in [6, 6.07) is 0.0428. The summed E-state index contributed by atoms with van der Waals surface area (Å²) in [5.41, 5.74) is 1.04. The highest BCUT2D eigenvalue weighted by Crippen LogP contribution is 2.17. The van der Waals surface area contributed by atoms with Gasteiger partial charge in [0.1, 0.15) is 0 Å². The topological polar surface area (TPSA) is 23.6 Å². The molecule has 66 valence electrons. The van der Waals surface area contributed by atoms with Crippen LogP contribution in [0.15, 0.2) is 24.0 Å². The van der Waals surface area contributed by atoms with Crippen LogP contribution in [0.3, 0.4) is 0 Å². The van der Waals surface area contributed by atoms with Gasteiger partial charge in [0, 0.05) is 18.9 Å². The van der Waals surface area contributed by atoms with Gasteiger partial charge in [-0.25, -0.2) is 4.79 Å². The van der Waals surface area contributed by atoms with Crippen LogP contribution in [0.4, 0.5) is 4.79 Å². The molecule has 0 atom stereocenters. The Balaban J connectivity index is 2.88. The van der Waals surface area contributed by atoms with Crippen LogP contribution in [0.1, 0.15) is 13.8 Å². The summed E-state index contributed by atoms with van der Waals surface area (Å²) in [6.07, 6.45) is 5.61. The Morgan fingerprint density at radius 2 is 2.08 bits per heavy atom. The van der Waals surface area contributed by atoms with E-state index in [4.69, 9.17) is 0 Å². The molecule has 0 aromatic heterocycles. The molecule has 0 unspecified atom stereocenters. The Morgan fingerprint density at radius 1 is 1.42 bits per heavy atom. The number of allylic oxidation sites excluding steroid dienone is 2. The second-order valence-corrected chi connectivity index (χ2v) is 2.77. The average molecular weight is 166 g/mol. The Bertz CT molecular complexity index is 243. The van der Waals surface area contributed by atoms with Gasteiger partial charge in [-0.05, 0) is 13.8 Å². The molecular formula is C9H14N2O. The lowest BCUT2D eigenvalue weighted by molar-refractivity contribution is 0.211. The molecule has 0 saturated carbocycles. The van der Waals surface area contributed by atoms with Crippen LogP contribution in [0.2, 0.25) is 0 Å². The Hall–Kier alpha value is -1.25. The number of hydrogen-bond acceptors (Lipinski definition) is 1. The first-order chi connectivity index (χ1) is 5.70. The molecule has 2 amide bonds. The SMILES string of the molecule is C/C=C1/CN(C)C(=O)N1/C=C/C. The maximum Gasteiger partial charge on any atom is 0.328 e. The highest BCUT2D eigenvalue weighted by atomic mass is 16.2. The lowest BCUT2D eigenvalue weighted by atomic mass is 10.4. The van der Waals surface area contributed by atoms with Crippen molar-refractivity contribution in [1.82, 2.24) is 9.80 Å². The number of nitrogens with zero attached hydrogens (tertiary/aromatic N) is 2. The largest absolute Gasteiger partial charge is 0.328 e. The third kappa shape index (κ3) is 1.35. The average Bonchev–Trinajstić information content (AvgIpc) is 2.33. The molecule has 1 heterocycles. The molecule has 1 saturated heterocycles. The van der Waals surface area contributed by atoms with Crippen LogP contribution in [0.25, 0.3) is 0 Å². The monoisotopic (exact) mass is 166 g/mol. The predicted octanol–water partition coefficient (Wildman–Crippen LogP) is 1.79. The quantitative estimate of drug-likeness (QED) is 0.582. The summed E-state index contributed by atoms with van der Waals surface area (Å²) in [5, 5.41) is 0. The van der Waals surface area contributed by atoms with Crippen LogP contribution in [0.5, 0.6) is 0 Å². The molecule has 0 aromatic rings. The molecule has 1 aliphatic rings. The minimum atomic E-state index is 0.0428. The van der Waals surface area contributed by atoms with Crippen molar-refractivity contribution >= 4 is 6.03 Å². The molecular weight excluding hydrogens is 152 g/mol. The number of carbonyl (C=O) groups excluding carboxylic acids is 1. The molecule has 1 fully saturated rings. The summed E-state index contributed by atoms with van der Waals surface area (Å²) in [5.74, 6) is 0. The van der Waals surface area contributed by atoms with Crippen molar-refractivity contribution in [3.05, 3.63) is 24.0 Å². The highest BCUT2D eigenvalue weighted by Gasteiger charge is 2.27. The fraction of sp³-hybridized carbons (Fsp3) is 0.444. The van der Waals surface area contributed by atoms with Gasteiger partial charge in [0.15, 0.2) is 0 Å². The first-order valence-corrected chi connectivity index (χ1v) is 4.03. The molecule has 0 bridgehead atoms. The molecule has 0 aliphatic carbocycles. The standard InChI is InChI=1S/C9H14N2O/c1-4-6-11-8(5-2)7-10(3)9(11)12/h4-6H,7H2,1-3H3/b6-4+,8-5-. The molecule has 3 heteroatoms. The van der Waals surface area contributed by atoms with Crippen LogP contribution in [-0.2, 0) is 0 Å². The first kappa shape index (κ1) is 8.84. The zero-order valence-corrected chi connectivity index (χ0v) is 7.74. The first-order valence-electron chi connectivity index (χ1n) is 4.03. The van der Waals surface area contributed by atoms with Crippen molar-refractivity contribution in [2.45, 2.75) is 13.8 Å². The van der Waals surface area contributed by atoms with E-state index in [0.717, 1.165) is 5.70 Å². The van der Waals surface area contributed by atoms with Crippen LogP contribution < -0.4 is 0 Å². The number of rotatable bonds is 1. The number of hydrogen-bond donors (Lipinski definition) is 0. The maximum absolute atomic E-state index is 11.4. The number of likely N-dealkylation sites (N-methyl/N-ethyl adjacent to an activating group) is 1. The van der Waals surface area contributed by atoms with Crippen molar-refractivity contribution in [2.24, 2.45) is 0 Å². The molecule has 1 aliphatic heterocycles. The van der Waals surface area contributed by atoms with E-state index >= 15 is 0 Å². The van der Waals surface area contributed by atoms with Gasteiger partial charge < -0.3 is 4.90 Å². The summed E-state index contributed by atoms with van der Waals surface area (Å²) in [4.78, 5) is 14.8. The minimum absolute atomic E-state index is 0.0428. The van der Waals surface area contributed by atoms with Crippen molar-refractivity contribution < 1.29 is 4.79 Å². The van der Waals surface area contributed by atoms with Gasteiger partial charge in [-0.1, -0.05) is 12.2 Å². The van der Waals surface area contributed by atoms with E-state index in [2.05, 4.69) is 0 Å². The summed E-state index contributed by atoms with van der Waals surface area (Å²) in [7, 11) is 1.80. The van der Waals surface area contributed by atoms with Gasteiger partial charge >= 0.3 is 6.03 Å². The molecule has 0 N–H and O–H groups in total.